The maximum atomic E-state index is 2.38. The third-order valence-corrected chi connectivity index (χ3v) is 3.56. The monoisotopic (exact) mass is 179 g/mol. The fourth-order valence-corrected chi connectivity index (χ4v) is 2.78. The third kappa shape index (κ3) is 5.45. The molecule has 0 amide bonds. The summed E-state index contributed by atoms with van der Waals surface area (Å²) in [6.45, 7) is 6.52. The van der Waals surface area contributed by atoms with Gasteiger partial charge in [-0.15, -0.1) is 0 Å². The van der Waals surface area contributed by atoms with E-state index in [0.717, 1.165) is 0 Å². The Morgan fingerprint density at radius 1 is 1.00 bits per heavy atom. The molecule has 0 aromatic rings. The number of rotatable bonds is 0. The molecule has 0 radical (unpaired) electrons. The SMILES string of the molecule is CC.CN1CCSSCC1. The van der Waals surface area contributed by atoms with E-state index in [1.54, 1.807) is 0 Å². The number of hydrogen-bond donors (Lipinski definition) is 0. The van der Waals surface area contributed by atoms with Crippen LogP contribution in [-0.4, -0.2) is 36.5 Å². The summed E-state index contributed by atoms with van der Waals surface area (Å²) < 4.78 is 0. The molecule has 0 bridgehead atoms. The van der Waals surface area contributed by atoms with E-state index < -0.39 is 0 Å². The van der Waals surface area contributed by atoms with Gasteiger partial charge in [0.2, 0.25) is 0 Å². The van der Waals surface area contributed by atoms with Gasteiger partial charge in [0.15, 0.2) is 0 Å². The topological polar surface area (TPSA) is 3.24 Å². The lowest BCUT2D eigenvalue weighted by molar-refractivity contribution is 0.381. The van der Waals surface area contributed by atoms with Crippen LogP contribution in [0.15, 0.2) is 0 Å². The van der Waals surface area contributed by atoms with Crippen LogP contribution in [0.4, 0.5) is 0 Å². The summed E-state index contributed by atoms with van der Waals surface area (Å²) in [6.07, 6.45) is 0. The van der Waals surface area contributed by atoms with Crippen molar-refractivity contribution in [2.24, 2.45) is 0 Å². The molecule has 1 saturated heterocycles. The molecule has 1 aliphatic heterocycles. The van der Waals surface area contributed by atoms with Crippen molar-refractivity contribution in [2.45, 2.75) is 13.8 Å². The summed E-state index contributed by atoms with van der Waals surface area (Å²) in [7, 11) is 6.18. The molecule has 62 valence electrons. The van der Waals surface area contributed by atoms with Crippen LogP contribution in [0.3, 0.4) is 0 Å². The van der Waals surface area contributed by atoms with Gasteiger partial charge in [0.25, 0.3) is 0 Å². The predicted molar refractivity (Wildman–Crippen MR) is 53.8 cm³/mol. The first-order valence-corrected chi connectivity index (χ1v) is 6.31. The Labute approximate surface area is 72.3 Å². The largest absolute Gasteiger partial charge is 0.305 e. The Balaban J connectivity index is 0.000000371. The molecule has 0 spiro atoms. The quantitative estimate of drug-likeness (QED) is 0.526. The summed E-state index contributed by atoms with van der Waals surface area (Å²) in [5.41, 5.74) is 0. The highest BCUT2D eigenvalue weighted by Crippen LogP contribution is 2.22. The Bertz CT molecular complexity index is 60.6. The normalized spacial score (nSPS) is 20.7. The fraction of sp³-hybridized carbons (Fsp3) is 1.00. The minimum Gasteiger partial charge on any atom is -0.305 e. The number of nitrogens with zero attached hydrogens (tertiary/aromatic N) is 1. The van der Waals surface area contributed by atoms with Crippen molar-refractivity contribution in [1.29, 1.82) is 0 Å². The molecule has 0 unspecified atom stereocenters. The van der Waals surface area contributed by atoms with Crippen molar-refractivity contribution in [3.05, 3.63) is 0 Å². The Morgan fingerprint density at radius 2 is 1.40 bits per heavy atom. The van der Waals surface area contributed by atoms with Crippen molar-refractivity contribution in [3.8, 4) is 0 Å². The Kier molecular flexibility index (Phi) is 8.28. The van der Waals surface area contributed by atoms with E-state index in [2.05, 4.69) is 11.9 Å². The second kappa shape index (κ2) is 7.76. The molecule has 10 heavy (non-hydrogen) atoms. The minimum absolute atomic E-state index is 1.26. The van der Waals surface area contributed by atoms with Crippen LogP contribution in [0.25, 0.3) is 0 Å². The molecular weight excluding hydrogens is 162 g/mol. The average Bonchev–Trinajstić information content (AvgIpc) is 2.21. The molecule has 0 aromatic carbocycles. The lowest BCUT2D eigenvalue weighted by atomic mass is 10.6. The van der Waals surface area contributed by atoms with E-state index in [9.17, 15) is 0 Å². The van der Waals surface area contributed by atoms with Crippen LogP contribution in [0.2, 0.25) is 0 Å². The van der Waals surface area contributed by atoms with Crippen molar-refractivity contribution in [2.75, 3.05) is 31.6 Å². The smallest absolute Gasteiger partial charge is 0.0165 e. The lowest BCUT2D eigenvalue weighted by Gasteiger charge is -2.09. The first-order valence-electron chi connectivity index (χ1n) is 3.82. The minimum atomic E-state index is 1.26. The molecule has 0 N–H and O–H groups in total. The van der Waals surface area contributed by atoms with Crippen LogP contribution in [0, 0.1) is 0 Å². The zero-order valence-corrected chi connectivity index (χ0v) is 8.73. The third-order valence-electron chi connectivity index (χ3n) is 1.20. The van der Waals surface area contributed by atoms with Gasteiger partial charge in [-0.05, 0) is 7.05 Å². The van der Waals surface area contributed by atoms with Gasteiger partial charge in [-0.3, -0.25) is 0 Å². The Hall–Kier alpha value is 0.660. The van der Waals surface area contributed by atoms with Gasteiger partial charge >= 0.3 is 0 Å². The van der Waals surface area contributed by atoms with E-state index in [4.69, 9.17) is 0 Å². The first kappa shape index (κ1) is 10.7. The van der Waals surface area contributed by atoms with Gasteiger partial charge in [-0.2, -0.15) is 0 Å². The second-order valence-corrected chi connectivity index (χ2v) is 4.65. The van der Waals surface area contributed by atoms with Crippen molar-refractivity contribution in [1.82, 2.24) is 4.90 Å². The van der Waals surface area contributed by atoms with Crippen LogP contribution in [0.1, 0.15) is 13.8 Å². The van der Waals surface area contributed by atoms with Crippen molar-refractivity contribution < 1.29 is 0 Å². The summed E-state index contributed by atoms with van der Waals surface area (Å²) >= 11 is 0. The fourth-order valence-electron chi connectivity index (χ4n) is 0.616. The molecule has 0 aliphatic carbocycles. The van der Waals surface area contributed by atoms with Crippen molar-refractivity contribution >= 4 is 21.6 Å². The van der Waals surface area contributed by atoms with Crippen LogP contribution in [-0.2, 0) is 0 Å². The second-order valence-electron chi connectivity index (χ2n) is 1.95. The van der Waals surface area contributed by atoms with E-state index in [1.165, 1.54) is 24.6 Å². The summed E-state index contributed by atoms with van der Waals surface area (Å²) in [4.78, 5) is 2.38. The highest BCUT2D eigenvalue weighted by molar-refractivity contribution is 8.76. The average molecular weight is 179 g/mol. The van der Waals surface area contributed by atoms with Gasteiger partial charge in [0.05, 0.1) is 0 Å². The van der Waals surface area contributed by atoms with Gasteiger partial charge in [-0.1, -0.05) is 35.4 Å². The molecule has 1 aliphatic rings. The molecule has 1 nitrogen and oxygen atoms in total. The van der Waals surface area contributed by atoms with Crippen molar-refractivity contribution in [3.63, 3.8) is 0 Å². The zero-order chi connectivity index (χ0) is 7.82. The molecule has 1 fully saturated rings. The van der Waals surface area contributed by atoms with Crippen LogP contribution >= 0.6 is 21.6 Å². The van der Waals surface area contributed by atoms with E-state index in [-0.39, 0.29) is 0 Å². The molecular formula is C7H17NS2. The van der Waals surface area contributed by atoms with Gasteiger partial charge in [-0.25, -0.2) is 0 Å². The molecule has 3 heteroatoms. The summed E-state index contributed by atoms with van der Waals surface area (Å²) in [6, 6.07) is 0. The number of hydrogen-bond acceptors (Lipinski definition) is 3. The standard InChI is InChI=1S/C5H11NS2.C2H6/c1-6-2-4-7-8-5-3-6;1-2/h2-5H2,1H3;1-2H3. The predicted octanol–water partition coefficient (Wildman–Crippen LogP) is 2.34. The van der Waals surface area contributed by atoms with E-state index >= 15 is 0 Å². The maximum Gasteiger partial charge on any atom is 0.0165 e. The molecule has 0 aromatic heterocycles. The van der Waals surface area contributed by atoms with Gasteiger partial charge in [0, 0.05) is 24.6 Å². The Morgan fingerprint density at radius 3 is 1.80 bits per heavy atom. The molecule has 0 saturated carbocycles. The highest BCUT2D eigenvalue weighted by Gasteiger charge is 2.02. The van der Waals surface area contributed by atoms with Gasteiger partial charge in [0.1, 0.15) is 0 Å². The lowest BCUT2D eigenvalue weighted by Crippen LogP contribution is -2.21. The van der Waals surface area contributed by atoms with Gasteiger partial charge < -0.3 is 4.90 Å². The van der Waals surface area contributed by atoms with Crippen LogP contribution < -0.4 is 0 Å². The van der Waals surface area contributed by atoms with E-state index in [1.807, 2.05) is 35.4 Å². The summed E-state index contributed by atoms with van der Waals surface area (Å²) in [5, 5.41) is 0. The molecule has 1 rings (SSSR count). The van der Waals surface area contributed by atoms with Crippen LogP contribution in [0.5, 0.6) is 0 Å². The zero-order valence-electron chi connectivity index (χ0n) is 7.09. The highest BCUT2D eigenvalue weighted by atomic mass is 33.1. The first-order chi connectivity index (χ1) is 4.89. The van der Waals surface area contributed by atoms with E-state index in [0.29, 0.717) is 0 Å². The molecule has 0 atom stereocenters. The molecule has 1 heterocycles. The maximum absolute atomic E-state index is 2.38. The summed E-state index contributed by atoms with van der Waals surface area (Å²) in [5.74, 6) is 2.59.